The highest BCUT2D eigenvalue weighted by Gasteiger charge is 2.33. The van der Waals surface area contributed by atoms with E-state index in [0.717, 1.165) is 22.7 Å². The van der Waals surface area contributed by atoms with E-state index in [-0.39, 0.29) is 41.2 Å². The second-order valence-electron chi connectivity index (χ2n) is 10.4. The summed E-state index contributed by atoms with van der Waals surface area (Å²) in [6.45, 7) is 3.17. The predicted octanol–water partition coefficient (Wildman–Crippen LogP) is 7.07. The predicted molar refractivity (Wildman–Crippen MR) is 163 cm³/mol. The summed E-state index contributed by atoms with van der Waals surface area (Å²) in [5, 5.41) is 24.1. The second kappa shape index (κ2) is 10.3. The molecule has 0 amide bonds. The maximum Gasteiger partial charge on any atom is 0.280 e. The third-order valence-corrected chi connectivity index (χ3v) is 9.91. The Morgan fingerprint density at radius 3 is 1.56 bits per heavy atom. The summed E-state index contributed by atoms with van der Waals surface area (Å²) in [6, 6.07) is 5.43. The van der Waals surface area contributed by atoms with E-state index in [1.54, 1.807) is 13.8 Å². The molecule has 0 unspecified atom stereocenters. The van der Waals surface area contributed by atoms with Crippen LogP contribution in [0.25, 0.3) is 40.9 Å². The largest absolute Gasteiger partial charge is 0.506 e. The Bertz CT molecular complexity index is 2300. The van der Waals surface area contributed by atoms with E-state index in [0.29, 0.717) is 27.5 Å². The smallest absolute Gasteiger partial charge is 0.280 e. The number of aromatic hydroxyl groups is 2. The van der Waals surface area contributed by atoms with Gasteiger partial charge in [0, 0.05) is 23.2 Å². The first-order valence-corrected chi connectivity index (χ1v) is 14.9. The van der Waals surface area contributed by atoms with Gasteiger partial charge in [-0.1, -0.05) is 0 Å². The van der Waals surface area contributed by atoms with Crippen molar-refractivity contribution in [1.29, 1.82) is 0 Å². The van der Waals surface area contributed by atoms with Gasteiger partial charge in [-0.15, -0.1) is 22.7 Å². The van der Waals surface area contributed by atoms with Crippen molar-refractivity contribution < 1.29 is 27.8 Å². The van der Waals surface area contributed by atoms with Crippen molar-refractivity contribution in [3.8, 4) is 11.5 Å². The lowest BCUT2D eigenvalue weighted by atomic mass is 9.85. The normalized spacial score (nSPS) is 12.3. The van der Waals surface area contributed by atoms with E-state index in [9.17, 15) is 37.4 Å². The van der Waals surface area contributed by atoms with Gasteiger partial charge >= 0.3 is 0 Å². The number of thiophene rings is 2. The first-order valence-electron chi connectivity index (χ1n) is 13.3. The van der Waals surface area contributed by atoms with Gasteiger partial charge in [-0.2, -0.15) is 0 Å². The zero-order valence-corrected chi connectivity index (χ0v) is 24.7. The fourth-order valence-corrected chi connectivity index (χ4v) is 8.14. The summed E-state index contributed by atoms with van der Waals surface area (Å²) in [5.41, 5.74) is -1.56. The molecule has 0 saturated heterocycles. The highest BCUT2D eigenvalue weighted by atomic mass is 32.1. The van der Waals surface area contributed by atoms with Gasteiger partial charge in [-0.3, -0.25) is 14.6 Å². The molecule has 0 aliphatic rings. The molecule has 15 heteroatoms. The van der Waals surface area contributed by atoms with Gasteiger partial charge < -0.3 is 20.2 Å². The van der Waals surface area contributed by atoms with Gasteiger partial charge in [0.2, 0.25) is 0 Å². The van der Waals surface area contributed by atoms with E-state index in [4.69, 9.17) is 0 Å². The molecule has 0 aliphatic heterocycles. The van der Waals surface area contributed by atoms with Crippen molar-refractivity contribution in [1.82, 2.24) is 24.9 Å². The molecule has 9 nitrogen and oxygen atoms in total. The molecule has 7 rings (SSSR count). The molecule has 0 atom stereocenters. The Hall–Kier alpha value is -4.89. The quantitative estimate of drug-likeness (QED) is 0.146. The monoisotopic (exact) mass is 653 g/mol. The number of alkyl halides is 4. The Balaban J connectivity index is 1.54. The summed E-state index contributed by atoms with van der Waals surface area (Å²) in [5.74, 6) is -2.39. The van der Waals surface area contributed by atoms with Crippen LogP contribution in [0.1, 0.15) is 58.0 Å². The number of aromatic amines is 2. The zero-order valence-electron chi connectivity index (χ0n) is 23.1. The van der Waals surface area contributed by atoms with Gasteiger partial charge in [-0.25, -0.2) is 27.5 Å². The molecule has 45 heavy (non-hydrogen) atoms. The lowest BCUT2D eigenvalue weighted by Gasteiger charge is -2.19. The van der Waals surface area contributed by atoms with Crippen LogP contribution in [0, 0.1) is 13.8 Å². The minimum Gasteiger partial charge on any atom is -0.506 e. The Labute approximate surface area is 256 Å². The number of aryl methyl sites for hydroxylation is 2. The molecule has 4 N–H and O–H groups in total. The van der Waals surface area contributed by atoms with E-state index in [2.05, 4.69) is 24.9 Å². The average Bonchev–Trinajstić information content (AvgIpc) is 3.56. The fraction of sp³-hybridized carbons (Fsp3) is 0.167. The summed E-state index contributed by atoms with van der Waals surface area (Å²) >= 11 is 1.78. The van der Waals surface area contributed by atoms with Crippen LogP contribution in [0.2, 0.25) is 0 Å². The van der Waals surface area contributed by atoms with Crippen molar-refractivity contribution in [3.05, 3.63) is 96.6 Å². The van der Waals surface area contributed by atoms with Crippen LogP contribution in [-0.4, -0.2) is 35.1 Å². The maximum absolute atomic E-state index is 13.8. The Kier molecular flexibility index (Phi) is 6.63. The zero-order chi connectivity index (χ0) is 31.9. The van der Waals surface area contributed by atoms with Crippen LogP contribution in [0.3, 0.4) is 0 Å². The molecule has 0 radical (unpaired) electrons. The SMILES string of the molecule is Cc1cc(C(F)F)nc2sc3c(O)c(C(c4ccncc4)c4c(O)c5sc6nc(C(F)F)cc(C)c6c5[nH]c4=O)c(=O)[nH]c3c12. The molecular formula is C30H19F4N5O4S2. The first-order chi connectivity index (χ1) is 21.5. The van der Waals surface area contributed by atoms with Crippen LogP contribution < -0.4 is 11.1 Å². The minimum atomic E-state index is -2.84. The number of pyridine rings is 5. The van der Waals surface area contributed by atoms with E-state index in [1.807, 2.05) is 0 Å². The van der Waals surface area contributed by atoms with E-state index in [1.165, 1.54) is 36.7 Å². The second-order valence-corrected chi connectivity index (χ2v) is 12.4. The van der Waals surface area contributed by atoms with Crippen molar-refractivity contribution >= 4 is 63.5 Å². The molecule has 0 spiro atoms. The fourth-order valence-electron chi connectivity index (χ4n) is 5.80. The minimum absolute atomic E-state index is 0.138. The van der Waals surface area contributed by atoms with E-state index < -0.39 is 52.8 Å². The molecular weight excluding hydrogens is 634 g/mol. The molecule has 7 aromatic heterocycles. The standard InChI is InChI=1S/C30H19F4N5O4S2/c1-9-7-12(25(31)32)36-29-14(9)19-23(44-29)21(40)17(27(42)38-19)16(11-3-5-35-6-4-11)18-22(41)24-20(39-28(18)43)15-10(2)8-13(26(33)34)37-30(15)45-24/h3-8,16,25-26H,1-2H3,(H2,38,40,42)(H2,39,41,43). The Morgan fingerprint density at radius 2 is 1.16 bits per heavy atom. The summed E-state index contributed by atoms with van der Waals surface area (Å²) < 4.78 is 54.2. The maximum atomic E-state index is 13.8. The molecule has 7 aromatic rings. The molecule has 0 fully saturated rings. The lowest BCUT2D eigenvalue weighted by Crippen LogP contribution is -2.24. The molecule has 0 saturated carbocycles. The van der Waals surface area contributed by atoms with Crippen molar-refractivity contribution in [2.45, 2.75) is 32.6 Å². The number of nitrogens with one attached hydrogen (secondary N) is 2. The number of fused-ring (bicyclic) bond motifs is 6. The van der Waals surface area contributed by atoms with E-state index >= 15 is 0 Å². The number of nitrogens with zero attached hydrogens (tertiary/aromatic N) is 3. The molecule has 228 valence electrons. The van der Waals surface area contributed by atoms with Gasteiger partial charge in [-0.05, 0) is 54.8 Å². The summed E-state index contributed by atoms with van der Waals surface area (Å²) in [4.78, 5) is 45.5. The van der Waals surface area contributed by atoms with Crippen LogP contribution in [0.15, 0.2) is 46.2 Å². The van der Waals surface area contributed by atoms with Crippen LogP contribution in [0.5, 0.6) is 11.5 Å². The number of aromatic nitrogens is 5. The lowest BCUT2D eigenvalue weighted by molar-refractivity contribution is 0.146. The molecule has 7 heterocycles. The number of H-pyrrole nitrogens is 2. The van der Waals surface area contributed by atoms with Gasteiger partial charge in [0.25, 0.3) is 24.0 Å². The average molecular weight is 654 g/mol. The third-order valence-electron chi connectivity index (χ3n) is 7.73. The van der Waals surface area contributed by atoms with Gasteiger partial charge in [0.15, 0.2) is 0 Å². The van der Waals surface area contributed by atoms with Crippen molar-refractivity contribution in [3.63, 3.8) is 0 Å². The number of hydrogen-bond donors (Lipinski definition) is 4. The highest BCUT2D eigenvalue weighted by Crippen LogP contribution is 2.47. The number of rotatable bonds is 5. The molecule has 0 aliphatic carbocycles. The topological polar surface area (TPSA) is 145 Å². The van der Waals surface area contributed by atoms with Crippen LogP contribution in [-0.2, 0) is 0 Å². The van der Waals surface area contributed by atoms with Gasteiger partial charge in [0.1, 0.15) is 32.5 Å². The number of hydrogen-bond acceptors (Lipinski definition) is 9. The number of halogens is 4. The third kappa shape index (κ3) is 4.36. The van der Waals surface area contributed by atoms with Crippen molar-refractivity contribution in [2.24, 2.45) is 0 Å². The van der Waals surface area contributed by atoms with Gasteiger partial charge in [0.05, 0.1) is 37.5 Å². The molecule has 0 aromatic carbocycles. The highest BCUT2D eigenvalue weighted by molar-refractivity contribution is 7.26. The Morgan fingerprint density at radius 1 is 0.733 bits per heavy atom. The van der Waals surface area contributed by atoms with Crippen LogP contribution >= 0.6 is 22.7 Å². The molecule has 0 bridgehead atoms. The summed E-state index contributed by atoms with van der Waals surface area (Å²) in [7, 11) is 0. The first kappa shape index (κ1) is 28.9. The summed E-state index contributed by atoms with van der Waals surface area (Å²) in [6.07, 6.45) is -2.85. The van der Waals surface area contributed by atoms with Crippen molar-refractivity contribution in [2.75, 3.05) is 0 Å². The van der Waals surface area contributed by atoms with Crippen LogP contribution in [0.4, 0.5) is 17.6 Å².